The molecule has 0 atom stereocenters. The van der Waals surface area contributed by atoms with Crippen molar-refractivity contribution < 1.29 is 9.53 Å². The lowest BCUT2D eigenvalue weighted by atomic mass is 10.2. The summed E-state index contributed by atoms with van der Waals surface area (Å²) in [4.78, 5) is 30.5. The molecule has 128 valence electrons. The normalized spacial score (nSPS) is 10.6. The summed E-state index contributed by atoms with van der Waals surface area (Å²) in [7, 11) is 1.69. The van der Waals surface area contributed by atoms with Gasteiger partial charge >= 0.3 is 0 Å². The van der Waals surface area contributed by atoms with Gasteiger partial charge in [-0.2, -0.15) is 0 Å². The lowest BCUT2D eigenvalue weighted by Gasteiger charge is -2.18. The highest BCUT2D eigenvalue weighted by molar-refractivity contribution is 5.78. The number of ether oxygens (including phenoxy) is 1. The van der Waals surface area contributed by atoms with E-state index in [2.05, 4.69) is 4.98 Å². The van der Waals surface area contributed by atoms with E-state index in [1.807, 2.05) is 36.4 Å². The molecule has 25 heavy (non-hydrogen) atoms. The maximum atomic E-state index is 12.4. The molecule has 0 aliphatic heterocycles. The van der Waals surface area contributed by atoms with Crippen LogP contribution in [0.5, 0.6) is 5.75 Å². The standard InChI is InChI=1S/C19H19N3O3/c1-21(11-12-25-15-7-3-2-4-8-15)18(23)13-22-14-20-17-10-6-5-9-16(17)19(22)24/h2-10,14H,11-13H2,1H3. The number of carbonyl (C=O) groups excluding carboxylic acids is 1. The number of fused-ring (bicyclic) bond motifs is 1. The van der Waals surface area contributed by atoms with Gasteiger partial charge in [-0.15, -0.1) is 0 Å². The van der Waals surface area contributed by atoms with Gasteiger partial charge in [-0.25, -0.2) is 4.98 Å². The van der Waals surface area contributed by atoms with E-state index in [-0.39, 0.29) is 18.0 Å². The Bertz CT molecular complexity index is 922. The van der Waals surface area contributed by atoms with Crippen molar-refractivity contribution in [2.24, 2.45) is 0 Å². The van der Waals surface area contributed by atoms with Crippen LogP contribution in [0.4, 0.5) is 0 Å². The van der Waals surface area contributed by atoms with E-state index < -0.39 is 0 Å². The maximum absolute atomic E-state index is 12.4. The van der Waals surface area contributed by atoms with Crippen LogP contribution in [0.15, 0.2) is 65.7 Å². The Hall–Kier alpha value is -3.15. The van der Waals surface area contributed by atoms with E-state index in [1.54, 1.807) is 30.1 Å². The molecule has 0 fully saturated rings. The second-order valence-electron chi connectivity index (χ2n) is 5.67. The van der Waals surface area contributed by atoms with E-state index >= 15 is 0 Å². The molecule has 1 heterocycles. The minimum atomic E-state index is -0.215. The summed E-state index contributed by atoms with van der Waals surface area (Å²) in [5.74, 6) is 0.592. The van der Waals surface area contributed by atoms with Crippen LogP contribution in [0.1, 0.15) is 0 Å². The molecular weight excluding hydrogens is 318 g/mol. The summed E-state index contributed by atoms with van der Waals surface area (Å²) in [6.45, 7) is 0.777. The second-order valence-corrected chi connectivity index (χ2v) is 5.67. The molecule has 3 rings (SSSR count). The van der Waals surface area contributed by atoms with E-state index in [0.29, 0.717) is 24.1 Å². The third-order valence-corrected chi connectivity index (χ3v) is 3.90. The van der Waals surface area contributed by atoms with Gasteiger partial charge in [-0.3, -0.25) is 14.2 Å². The minimum absolute atomic E-state index is 0.0432. The van der Waals surface area contributed by atoms with Gasteiger partial charge in [-0.05, 0) is 24.3 Å². The van der Waals surface area contributed by atoms with Gasteiger partial charge < -0.3 is 9.64 Å². The number of carbonyl (C=O) groups is 1. The zero-order chi connectivity index (χ0) is 17.6. The van der Waals surface area contributed by atoms with E-state index in [1.165, 1.54) is 10.9 Å². The smallest absolute Gasteiger partial charge is 0.261 e. The van der Waals surface area contributed by atoms with Crippen molar-refractivity contribution >= 4 is 16.8 Å². The monoisotopic (exact) mass is 337 g/mol. The highest BCUT2D eigenvalue weighted by atomic mass is 16.5. The lowest BCUT2D eigenvalue weighted by molar-refractivity contribution is -0.130. The molecule has 1 aromatic heterocycles. The zero-order valence-electron chi connectivity index (χ0n) is 14.0. The highest BCUT2D eigenvalue weighted by Gasteiger charge is 2.12. The van der Waals surface area contributed by atoms with Crippen LogP contribution in [0.25, 0.3) is 10.9 Å². The molecule has 0 unspecified atom stereocenters. The molecule has 0 aliphatic rings. The van der Waals surface area contributed by atoms with Gasteiger partial charge in [0.15, 0.2) is 0 Å². The number of hydrogen-bond donors (Lipinski definition) is 0. The van der Waals surface area contributed by atoms with Gasteiger partial charge in [0.25, 0.3) is 5.56 Å². The number of rotatable bonds is 6. The quantitative estimate of drug-likeness (QED) is 0.689. The summed E-state index contributed by atoms with van der Waals surface area (Å²) in [5.41, 5.74) is 0.411. The molecule has 0 saturated heterocycles. The molecule has 0 aliphatic carbocycles. The summed E-state index contributed by atoms with van der Waals surface area (Å²) >= 11 is 0. The Morgan fingerprint density at radius 2 is 1.84 bits per heavy atom. The number of benzene rings is 2. The van der Waals surface area contributed by atoms with Crippen LogP contribution >= 0.6 is 0 Å². The maximum Gasteiger partial charge on any atom is 0.261 e. The third-order valence-electron chi connectivity index (χ3n) is 3.90. The van der Waals surface area contributed by atoms with Gasteiger partial charge in [0.2, 0.25) is 5.91 Å². The lowest BCUT2D eigenvalue weighted by Crippen LogP contribution is -2.36. The topological polar surface area (TPSA) is 64.4 Å². The summed E-state index contributed by atoms with van der Waals surface area (Å²) in [6, 6.07) is 16.5. The van der Waals surface area contributed by atoms with Crippen molar-refractivity contribution in [3.8, 4) is 5.75 Å². The molecule has 3 aromatic rings. The van der Waals surface area contributed by atoms with Gasteiger partial charge in [0, 0.05) is 7.05 Å². The first-order valence-electron chi connectivity index (χ1n) is 8.01. The molecule has 0 radical (unpaired) electrons. The summed E-state index contributed by atoms with van der Waals surface area (Å²) in [6.07, 6.45) is 1.41. The Kier molecular flexibility index (Phi) is 5.09. The van der Waals surface area contributed by atoms with Crippen molar-refractivity contribution in [3.63, 3.8) is 0 Å². The zero-order valence-corrected chi connectivity index (χ0v) is 14.0. The average Bonchev–Trinajstić information content (AvgIpc) is 2.65. The van der Waals surface area contributed by atoms with Crippen LogP contribution in [0.2, 0.25) is 0 Å². The Morgan fingerprint density at radius 1 is 1.12 bits per heavy atom. The number of amides is 1. The molecule has 6 heteroatoms. The second kappa shape index (κ2) is 7.61. The molecule has 1 amide bonds. The van der Waals surface area contributed by atoms with Crippen molar-refractivity contribution in [1.29, 1.82) is 0 Å². The van der Waals surface area contributed by atoms with Crippen molar-refractivity contribution in [2.75, 3.05) is 20.2 Å². The van der Waals surface area contributed by atoms with Gasteiger partial charge in [-0.1, -0.05) is 30.3 Å². The predicted octanol–water partition coefficient (Wildman–Crippen LogP) is 1.93. The van der Waals surface area contributed by atoms with Crippen molar-refractivity contribution in [3.05, 3.63) is 71.3 Å². The number of nitrogens with zero attached hydrogens (tertiary/aromatic N) is 3. The largest absolute Gasteiger partial charge is 0.492 e. The van der Waals surface area contributed by atoms with E-state index in [4.69, 9.17) is 4.74 Å². The Labute approximate surface area is 145 Å². The molecule has 6 nitrogen and oxygen atoms in total. The first-order valence-corrected chi connectivity index (χ1v) is 8.01. The summed E-state index contributed by atoms with van der Waals surface area (Å²) in [5, 5.41) is 0.507. The molecule has 0 spiro atoms. The van der Waals surface area contributed by atoms with Gasteiger partial charge in [0.05, 0.1) is 23.8 Å². The minimum Gasteiger partial charge on any atom is -0.492 e. The number of para-hydroxylation sites is 2. The molecule has 0 saturated carbocycles. The number of hydrogen-bond acceptors (Lipinski definition) is 4. The fourth-order valence-corrected chi connectivity index (χ4v) is 2.43. The average molecular weight is 337 g/mol. The van der Waals surface area contributed by atoms with Crippen LogP contribution < -0.4 is 10.3 Å². The van der Waals surface area contributed by atoms with E-state index in [0.717, 1.165) is 5.75 Å². The van der Waals surface area contributed by atoms with E-state index in [9.17, 15) is 9.59 Å². The molecular formula is C19H19N3O3. The first kappa shape index (κ1) is 16.7. The fraction of sp³-hybridized carbons (Fsp3) is 0.211. The predicted molar refractivity (Wildman–Crippen MR) is 95.6 cm³/mol. The highest BCUT2D eigenvalue weighted by Crippen LogP contribution is 2.08. The molecule has 0 bridgehead atoms. The number of aromatic nitrogens is 2. The van der Waals surface area contributed by atoms with Crippen molar-refractivity contribution in [1.82, 2.24) is 14.5 Å². The van der Waals surface area contributed by atoms with Crippen molar-refractivity contribution in [2.45, 2.75) is 6.54 Å². The summed E-state index contributed by atoms with van der Waals surface area (Å²) < 4.78 is 6.92. The third kappa shape index (κ3) is 4.03. The SMILES string of the molecule is CN(CCOc1ccccc1)C(=O)Cn1cnc2ccccc2c1=O. The van der Waals surface area contributed by atoms with Crippen LogP contribution in [0, 0.1) is 0 Å². The van der Waals surface area contributed by atoms with Crippen LogP contribution in [-0.2, 0) is 11.3 Å². The molecule has 0 N–H and O–H groups in total. The number of likely N-dealkylation sites (N-methyl/N-ethyl adjacent to an activating group) is 1. The Morgan fingerprint density at radius 3 is 2.64 bits per heavy atom. The molecule has 2 aromatic carbocycles. The Balaban J connectivity index is 1.60. The van der Waals surface area contributed by atoms with Crippen LogP contribution in [0.3, 0.4) is 0 Å². The fourth-order valence-electron chi connectivity index (χ4n) is 2.43. The van der Waals surface area contributed by atoms with Gasteiger partial charge in [0.1, 0.15) is 18.9 Å². The van der Waals surface area contributed by atoms with Crippen LogP contribution in [-0.4, -0.2) is 40.6 Å². The first-order chi connectivity index (χ1) is 12.1.